The smallest absolute Gasteiger partial charge is 0.251 e. The van der Waals surface area contributed by atoms with Crippen molar-refractivity contribution in [2.24, 2.45) is 5.73 Å². The Kier molecular flexibility index (Phi) is 4.86. The van der Waals surface area contributed by atoms with Crippen LogP contribution >= 0.6 is 11.3 Å². The molecule has 1 aromatic heterocycles. The zero-order chi connectivity index (χ0) is 16.9. The molecule has 0 spiro atoms. The highest BCUT2D eigenvalue weighted by atomic mass is 32.1. The van der Waals surface area contributed by atoms with Gasteiger partial charge in [0.2, 0.25) is 5.91 Å². The number of primary amides is 1. The van der Waals surface area contributed by atoms with E-state index < -0.39 is 5.91 Å². The molecule has 2 aromatic carbocycles. The number of aryl methyl sites for hydroxylation is 1. The molecule has 0 fully saturated rings. The first-order chi connectivity index (χ1) is 11.6. The Balaban J connectivity index is 1.48. The Hall–Kier alpha value is -2.73. The summed E-state index contributed by atoms with van der Waals surface area (Å²) in [6.07, 6.45) is 1.66. The number of hydrogen-bond donors (Lipinski definition) is 2. The van der Waals surface area contributed by atoms with Gasteiger partial charge >= 0.3 is 0 Å². The van der Waals surface area contributed by atoms with E-state index in [2.05, 4.69) is 16.4 Å². The number of carbonyl (C=O) groups excluding carboxylic acids is 2. The number of thiazole rings is 1. The number of para-hydroxylation sites is 1. The van der Waals surface area contributed by atoms with Crippen molar-refractivity contribution in [2.75, 3.05) is 6.54 Å². The number of nitrogens with zero attached hydrogens (tertiary/aromatic N) is 1. The van der Waals surface area contributed by atoms with Crippen LogP contribution in [0.15, 0.2) is 48.5 Å². The van der Waals surface area contributed by atoms with E-state index in [0.717, 1.165) is 23.4 Å². The highest BCUT2D eigenvalue weighted by Crippen LogP contribution is 2.22. The second-order valence-electron chi connectivity index (χ2n) is 5.38. The number of nitrogens with one attached hydrogen (secondary N) is 1. The third kappa shape index (κ3) is 3.78. The number of rotatable bonds is 6. The molecule has 0 radical (unpaired) electrons. The van der Waals surface area contributed by atoms with Crippen LogP contribution in [-0.4, -0.2) is 23.3 Å². The molecule has 0 saturated carbocycles. The Morgan fingerprint density at radius 1 is 1.04 bits per heavy atom. The summed E-state index contributed by atoms with van der Waals surface area (Å²) in [5.74, 6) is -0.659. The average molecular weight is 339 g/mol. The fraction of sp³-hybridized carbons (Fsp3) is 0.167. The van der Waals surface area contributed by atoms with E-state index in [1.54, 1.807) is 35.6 Å². The van der Waals surface area contributed by atoms with Crippen LogP contribution in [0.3, 0.4) is 0 Å². The van der Waals surface area contributed by atoms with Gasteiger partial charge in [0, 0.05) is 24.1 Å². The van der Waals surface area contributed by atoms with Gasteiger partial charge in [-0.1, -0.05) is 12.1 Å². The molecule has 0 atom stereocenters. The highest BCUT2D eigenvalue weighted by molar-refractivity contribution is 7.18. The lowest BCUT2D eigenvalue weighted by Crippen LogP contribution is -2.24. The van der Waals surface area contributed by atoms with Crippen molar-refractivity contribution in [1.29, 1.82) is 0 Å². The van der Waals surface area contributed by atoms with Gasteiger partial charge in [-0.25, -0.2) is 4.98 Å². The van der Waals surface area contributed by atoms with Gasteiger partial charge in [-0.2, -0.15) is 0 Å². The van der Waals surface area contributed by atoms with Crippen LogP contribution in [0.5, 0.6) is 0 Å². The van der Waals surface area contributed by atoms with E-state index in [1.165, 1.54) is 4.70 Å². The van der Waals surface area contributed by atoms with E-state index in [-0.39, 0.29) is 5.91 Å². The predicted molar refractivity (Wildman–Crippen MR) is 95.2 cm³/mol. The van der Waals surface area contributed by atoms with E-state index in [0.29, 0.717) is 17.7 Å². The van der Waals surface area contributed by atoms with Crippen LogP contribution in [0.25, 0.3) is 10.2 Å². The SMILES string of the molecule is NC(=O)c1ccc(C(=O)NCCCc2nc3ccccc3s2)cc1. The summed E-state index contributed by atoms with van der Waals surface area (Å²) >= 11 is 1.69. The Morgan fingerprint density at radius 3 is 2.46 bits per heavy atom. The van der Waals surface area contributed by atoms with Gasteiger partial charge in [-0.05, 0) is 42.8 Å². The summed E-state index contributed by atoms with van der Waals surface area (Å²) in [5, 5.41) is 3.95. The number of nitrogens with two attached hydrogens (primary N) is 1. The minimum absolute atomic E-state index is 0.157. The van der Waals surface area contributed by atoms with Gasteiger partial charge in [0.05, 0.1) is 15.2 Å². The zero-order valence-corrected chi connectivity index (χ0v) is 13.8. The number of aromatic nitrogens is 1. The fourth-order valence-electron chi connectivity index (χ4n) is 2.36. The molecule has 0 bridgehead atoms. The molecule has 0 aliphatic carbocycles. The van der Waals surface area contributed by atoms with E-state index in [1.807, 2.05) is 18.2 Å². The van der Waals surface area contributed by atoms with Crippen molar-refractivity contribution < 1.29 is 9.59 Å². The lowest BCUT2D eigenvalue weighted by Gasteiger charge is -2.05. The van der Waals surface area contributed by atoms with Crippen LogP contribution in [0.2, 0.25) is 0 Å². The number of hydrogen-bond acceptors (Lipinski definition) is 4. The summed E-state index contributed by atoms with van der Waals surface area (Å²) in [5.41, 5.74) is 7.11. The summed E-state index contributed by atoms with van der Waals surface area (Å²) in [6, 6.07) is 14.4. The molecule has 1 heterocycles. The molecule has 0 saturated heterocycles. The average Bonchev–Trinajstić information content (AvgIpc) is 3.01. The van der Waals surface area contributed by atoms with Crippen LogP contribution in [0, 0.1) is 0 Å². The maximum atomic E-state index is 12.0. The largest absolute Gasteiger partial charge is 0.366 e. The quantitative estimate of drug-likeness (QED) is 0.677. The molecular weight excluding hydrogens is 322 g/mol. The molecule has 0 unspecified atom stereocenters. The molecule has 122 valence electrons. The zero-order valence-electron chi connectivity index (χ0n) is 13.0. The van der Waals surface area contributed by atoms with E-state index in [9.17, 15) is 9.59 Å². The van der Waals surface area contributed by atoms with Crippen LogP contribution in [-0.2, 0) is 6.42 Å². The number of benzene rings is 2. The van der Waals surface area contributed by atoms with E-state index >= 15 is 0 Å². The minimum atomic E-state index is -0.502. The van der Waals surface area contributed by atoms with Gasteiger partial charge in [-0.3, -0.25) is 9.59 Å². The summed E-state index contributed by atoms with van der Waals surface area (Å²) in [7, 11) is 0. The Morgan fingerprint density at radius 2 is 1.75 bits per heavy atom. The summed E-state index contributed by atoms with van der Waals surface area (Å²) in [6.45, 7) is 0.576. The molecule has 0 aliphatic rings. The second kappa shape index (κ2) is 7.23. The third-order valence-corrected chi connectivity index (χ3v) is 4.72. The molecule has 0 aliphatic heterocycles. The number of amides is 2. The molecule has 5 nitrogen and oxygen atoms in total. The van der Waals surface area contributed by atoms with Gasteiger partial charge in [-0.15, -0.1) is 11.3 Å². The van der Waals surface area contributed by atoms with Gasteiger partial charge in [0.15, 0.2) is 0 Å². The summed E-state index contributed by atoms with van der Waals surface area (Å²) in [4.78, 5) is 27.6. The van der Waals surface area contributed by atoms with Gasteiger partial charge in [0.1, 0.15) is 0 Å². The maximum Gasteiger partial charge on any atom is 0.251 e. The van der Waals surface area contributed by atoms with Crippen molar-refractivity contribution in [2.45, 2.75) is 12.8 Å². The van der Waals surface area contributed by atoms with Gasteiger partial charge < -0.3 is 11.1 Å². The van der Waals surface area contributed by atoms with Crippen molar-refractivity contribution in [3.8, 4) is 0 Å². The van der Waals surface area contributed by atoms with Crippen molar-refractivity contribution in [3.63, 3.8) is 0 Å². The monoisotopic (exact) mass is 339 g/mol. The van der Waals surface area contributed by atoms with Crippen molar-refractivity contribution in [3.05, 3.63) is 64.7 Å². The van der Waals surface area contributed by atoms with Crippen molar-refractivity contribution >= 4 is 33.4 Å². The fourth-order valence-corrected chi connectivity index (χ4v) is 3.37. The molecule has 24 heavy (non-hydrogen) atoms. The molecule has 2 amide bonds. The van der Waals surface area contributed by atoms with Gasteiger partial charge in [0.25, 0.3) is 5.91 Å². The van der Waals surface area contributed by atoms with Crippen LogP contribution in [0.1, 0.15) is 32.1 Å². The standard InChI is InChI=1S/C18H17N3O2S/c19-17(22)12-7-9-13(10-8-12)18(23)20-11-3-6-16-21-14-4-1-2-5-15(14)24-16/h1-2,4-5,7-10H,3,6,11H2,(H2,19,22)(H,20,23). The molecule has 3 N–H and O–H groups in total. The molecule has 3 aromatic rings. The second-order valence-corrected chi connectivity index (χ2v) is 6.49. The Labute approximate surface area is 143 Å². The normalized spacial score (nSPS) is 10.7. The third-order valence-electron chi connectivity index (χ3n) is 3.62. The first-order valence-electron chi connectivity index (χ1n) is 7.66. The minimum Gasteiger partial charge on any atom is -0.366 e. The molecular formula is C18H17N3O2S. The first-order valence-corrected chi connectivity index (χ1v) is 8.47. The van der Waals surface area contributed by atoms with Crippen LogP contribution in [0.4, 0.5) is 0 Å². The van der Waals surface area contributed by atoms with Crippen molar-refractivity contribution in [1.82, 2.24) is 10.3 Å². The van der Waals surface area contributed by atoms with E-state index in [4.69, 9.17) is 5.73 Å². The first kappa shape index (κ1) is 16.1. The summed E-state index contributed by atoms with van der Waals surface area (Å²) < 4.78 is 1.19. The topological polar surface area (TPSA) is 85.1 Å². The number of fused-ring (bicyclic) bond motifs is 1. The maximum absolute atomic E-state index is 12.0. The Bertz CT molecular complexity index is 838. The number of carbonyl (C=O) groups is 2. The molecule has 3 rings (SSSR count). The van der Waals surface area contributed by atoms with Crippen LogP contribution < -0.4 is 11.1 Å². The predicted octanol–water partition coefficient (Wildman–Crippen LogP) is 2.76. The lowest BCUT2D eigenvalue weighted by molar-refractivity contribution is 0.0950. The highest BCUT2D eigenvalue weighted by Gasteiger charge is 2.07. The molecule has 6 heteroatoms. The lowest BCUT2D eigenvalue weighted by atomic mass is 10.1.